The first kappa shape index (κ1) is 11.1. The van der Waals surface area contributed by atoms with Gasteiger partial charge in [-0.25, -0.2) is 9.97 Å². The molecule has 0 fully saturated rings. The summed E-state index contributed by atoms with van der Waals surface area (Å²) >= 11 is 4.09. The molecule has 15 heavy (non-hydrogen) atoms. The summed E-state index contributed by atoms with van der Waals surface area (Å²) in [5, 5.41) is 10.1. The number of para-hydroxylation sites is 1. The van der Waals surface area contributed by atoms with Gasteiger partial charge in [-0.1, -0.05) is 12.1 Å². The van der Waals surface area contributed by atoms with Crippen LogP contribution in [0.5, 0.6) is 5.75 Å². The van der Waals surface area contributed by atoms with Crippen LogP contribution < -0.4 is 11.5 Å². The number of thiocarbonyl (C=S) groups is 1. The Kier molecular flexibility index (Phi) is 3.75. The lowest BCUT2D eigenvalue weighted by molar-refractivity contribution is 0.480. The summed E-state index contributed by atoms with van der Waals surface area (Å²) in [6.07, 6.45) is 3.09. The molecule has 2 rings (SSSR count). The second-order valence-electron chi connectivity index (χ2n) is 2.64. The highest BCUT2D eigenvalue weighted by atomic mass is 32.1. The average Bonchev–Trinajstić information content (AvgIpc) is 2.18. The number of hydrogen-bond donors (Lipinski definition) is 3. The molecule has 1 heterocycles. The third-order valence-corrected chi connectivity index (χ3v) is 1.51. The van der Waals surface area contributed by atoms with Crippen molar-refractivity contribution >= 4 is 28.2 Å². The van der Waals surface area contributed by atoms with Crippen LogP contribution in [-0.2, 0) is 0 Å². The topological polar surface area (TPSA) is 98.0 Å². The van der Waals surface area contributed by atoms with Crippen LogP contribution in [0.2, 0.25) is 0 Å². The number of aromatic nitrogens is 2. The Morgan fingerprint density at radius 3 is 2.60 bits per heavy atom. The minimum atomic E-state index is 0.000000000000000222. The Balaban J connectivity index is 0.000000245. The Hall–Kier alpha value is -1.95. The van der Waals surface area contributed by atoms with Crippen molar-refractivity contribution in [2.45, 2.75) is 0 Å². The molecule has 5 N–H and O–H groups in total. The molecule has 0 spiro atoms. The molecular weight excluding hydrogens is 212 g/mol. The van der Waals surface area contributed by atoms with Crippen LogP contribution in [0.4, 0.5) is 0 Å². The minimum Gasteiger partial charge on any atom is -0.506 e. The Labute approximate surface area is 91.8 Å². The molecule has 1 aromatic heterocycles. The first-order valence-electron chi connectivity index (χ1n) is 4.04. The van der Waals surface area contributed by atoms with Crippen molar-refractivity contribution in [3.63, 3.8) is 0 Å². The van der Waals surface area contributed by atoms with E-state index in [-0.39, 0.29) is 10.9 Å². The standard InChI is InChI=1S/C8H6N2O.CH4N2S/c11-7-3-1-2-6-4-9-5-10-8(6)7;2-1(3)4/h1-5,11H;(H4,2,3,4). The van der Waals surface area contributed by atoms with Gasteiger partial charge in [0.1, 0.15) is 17.6 Å². The number of fused-ring (bicyclic) bond motifs is 1. The maximum Gasteiger partial charge on any atom is 0.160 e. The van der Waals surface area contributed by atoms with Crippen LogP contribution >= 0.6 is 12.2 Å². The molecule has 0 aliphatic heterocycles. The van der Waals surface area contributed by atoms with E-state index < -0.39 is 0 Å². The zero-order valence-electron chi connectivity index (χ0n) is 7.79. The van der Waals surface area contributed by atoms with Crippen LogP contribution in [0.3, 0.4) is 0 Å². The number of rotatable bonds is 0. The van der Waals surface area contributed by atoms with E-state index in [1.165, 1.54) is 6.33 Å². The number of hydrogen-bond acceptors (Lipinski definition) is 4. The van der Waals surface area contributed by atoms with E-state index in [0.717, 1.165) is 5.39 Å². The zero-order valence-corrected chi connectivity index (χ0v) is 8.61. The summed E-state index contributed by atoms with van der Waals surface area (Å²) in [7, 11) is 0. The van der Waals surface area contributed by atoms with Crippen molar-refractivity contribution in [2.24, 2.45) is 11.5 Å². The molecule has 5 nitrogen and oxygen atoms in total. The number of nitrogens with two attached hydrogens (primary N) is 2. The molecule has 0 saturated heterocycles. The lowest BCUT2D eigenvalue weighted by atomic mass is 10.2. The van der Waals surface area contributed by atoms with Gasteiger partial charge in [0, 0.05) is 11.6 Å². The van der Waals surface area contributed by atoms with Crippen molar-refractivity contribution in [1.29, 1.82) is 0 Å². The summed E-state index contributed by atoms with van der Waals surface area (Å²) in [6.45, 7) is 0. The molecular formula is C9H10N4OS. The number of aromatic hydroxyl groups is 1. The van der Waals surface area contributed by atoms with E-state index in [0.29, 0.717) is 5.52 Å². The average molecular weight is 222 g/mol. The van der Waals surface area contributed by atoms with Gasteiger partial charge in [-0.2, -0.15) is 0 Å². The number of benzene rings is 1. The molecule has 0 atom stereocenters. The summed E-state index contributed by atoms with van der Waals surface area (Å²) in [6, 6.07) is 5.23. The van der Waals surface area contributed by atoms with E-state index in [2.05, 4.69) is 33.7 Å². The van der Waals surface area contributed by atoms with Gasteiger partial charge in [0.15, 0.2) is 5.11 Å². The molecule has 0 aliphatic carbocycles. The Bertz CT molecular complexity index is 465. The quantitative estimate of drug-likeness (QED) is 0.562. The highest BCUT2D eigenvalue weighted by Gasteiger charge is 1.97. The first-order valence-corrected chi connectivity index (χ1v) is 4.44. The predicted molar refractivity (Wildman–Crippen MR) is 62.2 cm³/mol. The van der Waals surface area contributed by atoms with Gasteiger partial charge in [-0.3, -0.25) is 0 Å². The normalized spacial score (nSPS) is 9.07. The van der Waals surface area contributed by atoms with Crippen LogP contribution in [0.15, 0.2) is 30.7 Å². The number of phenolic OH excluding ortho intramolecular Hbond substituents is 1. The van der Waals surface area contributed by atoms with Gasteiger partial charge in [0.25, 0.3) is 0 Å². The highest BCUT2D eigenvalue weighted by Crippen LogP contribution is 2.19. The monoisotopic (exact) mass is 222 g/mol. The molecule has 1 aromatic carbocycles. The van der Waals surface area contributed by atoms with Crippen LogP contribution in [0.25, 0.3) is 10.9 Å². The van der Waals surface area contributed by atoms with E-state index >= 15 is 0 Å². The van der Waals surface area contributed by atoms with E-state index in [1.54, 1.807) is 18.3 Å². The Morgan fingerprint density at radius 1 is 1.33 bits per heavy atom. The van der Waals surface area contributed by atoms with Gasteiger partial charge in [0.2, 0.25) is 0 Å². The number of nitrogens with zero attached hydrogens (tertiary/aromatic N) is 2. The van der Waals surface area contributed by atoms with Gasteiger partial charge in [0.05, 0.1) is 0 Å². The lowest BCUT2D eigenvalue weighted by Gasteiger charge is -1.96. The molecule has 0 saturated carbocycles. The fourth-order valence-electron chi connectivity index (χ4n) is 0.998. The molecule has 2 aromatic rings. The highest BCUT2D eigenvalue weighted by molar-refractivity contribution is 7.80. The van der Waals surface area contributed by atoms with E-state index in [4.69, 9.17) is 0 Å². The van der Waals surface area contributed by atoms with Crippen molar-refractivity contribution in [3.05, 3.63) is 30.7 Å². The van der Waals surface area contributed by atoms with Crippen molar-refractivity contribution < 1.29 is 5.11 Å². The summed E-state index contributed by atoms with van der Waals surface area (Å²) < 4.78 is 0. The van der Waals surface area contributed by atoms with E-state index in [9.17, 15) is 5.11 Å². The molecule has 6 heteroatoms. The fourth-order valence-corrected chi connectivity index (χ4v) is 0.998. The molecule has 0 bridgehead atoms. The molecule has 0 amide bonds. The van der Waals surface area contributed by atoms with Gasteiger partial charge >= 0.3 is 0 Å². The molecule has 0 aliphatic rings. The maximum atomic E-state index is 9.28. The molecule has 0 unspecified atom stereocenters. The predicted octanol–water partition coefficient (Wildman–Crippen LogP) is 0.524. The zero-order chi connectivity index (χ0) is 11.3. The van der Waals surface area contributed by atoms with Crippen LogP contribution in [0.1, 0.15) is 0 Å². The van der Waals surface area contributed by atoms with Crippen molar-refractivity contribution in [3.8, 4) is 5.75 Å². The summed E-state index contributed by atoms with van der Waals surface area (Å²) in [5.41, 5.74) is 9.84. The largest absolute Gasteiger partial charge is 0.506 e. The molecule has 78 valence electrons. The first-order chi connectivity index (χ1) is 7.11. The van der Waals surface area contributed by atoms with Gasteiger partial charge < -0.3 is 16.6 Å². The van der Waals surface area contributed by atoms with Crippen LogP contribution in [-0.4, -0.2) is 20.2 Å². The Morgan fingerprint density at radius 2 is 2.00 bits per heavy atom. The van der Waals surface area contributed by atoms with Crippen molar-refractivity contribution in [2.75, 3.05) is 0 Å². The minimum absolute atomic E-state index is 0.000000000000000222. The second-order valence-corrected chi connectivity index (χ2v) is 3.11. The van der Waals surface area contributed by atoms with Crippen LogP contribution in [0, 0.1) is 0 Å². The smallest absolute Gasteiger partial charge is 0.160 e. The fraction of sp³-hybridized carbons (Fsp3) is 0. The molecule has 0 radical (unpaired) electrons. The van der Waals surface area contributed by atoms with Gasteiger partial charge in [-0.15, -0.1) is 0 Å². The maximum absolute atomic E-state index is 9.28. The SMILES string of the molecule is NC(N)=S.Oc1cccc2cncnc12. The second kappa shape index (κ2) is 5.06. The summed E-state index contributed by atoms with van der Waals surface area (Å²) in [5.74, 6) is 0.199. The number of phenols is 1. The van der Waals surface area contributed by atoms with Gasteiger partial charge in [-0.05, 0) is 18.3 Å². The third-order valence-electron chi connectivity index (χ3n) is 1.51. The third kappa shape index (κ3) is 3.35. The van der Waals surface area contributed by atoms with E-state index in [1.807, 2.05) is 6.07 Å². The summed E-state index contributed by atoms with van der Waals surface area (Å²) in [4.78, 5) is 7.75. The van der Waals surface area contributed by atoms with Crippen molar-refractivity contribution in [1.82, 2.24) is 9.97 Å². The lowest BCUT2D eigenvalue weighted by Crippen LogP contribution is -2.18.